The lowest BCUT2D eigenvalue weighted by Crippen LogP contribution is -2.40. The van der Waals surface area contributed by atoms with E-state index in [1.807, 2.05) is 19.9 Å². The number of fused-ring (bicyclic) bond motifs is 2. The van der Waals surface area contributed by atoms with Crippen molar-refractivity contribution in [3.63, 3.8) is 0 Å². The number of anilines is 1. The van der Waals surface area contributed by atoms with Gasteiger partial charge in [-0.2, -0.15) is 0 Å². The van der Waals surface area contributed by atoms with E-state index in [9.17, 15) is 14.4 Å². The van der Waals surface area contributed by atoms with Crippen molar-refractivity contribution in [2.75, 3.05) is 44.3 Å². The minimum Gasteiger partial charge on any atom is -0.379 e. The Balaban J connectivity index is 1.47. The number of amides is 1. The Morgan fingerprint density at radius 1 is 1.11 bits per heavy atom. The van der Waals surface area contributed by atoms with Crippen molar-refractivity contribution in [2.24, 2.45) is 14.1 Å². The monoisotopic (exact) mass is 525 g/mol. The molecule has 0 unspecified atom stereocenters. The molecule has 5 rings (SSSR count). The van der Waals surface area contributed by atoms with Gasteiger partial charge in [-0.05, 0) is 31.4 Å². The maximum atomic E-state index is 13.8. The highest BCUT2D eigenvalue weighted by atomic mass is 32.1. The molecule has 1 aliphatic rings. The Morgan fingerprint density at radius 2 is 1.84 bits per heavy atom. The van der Waals surface area contributed by atoms with Crippen LogP contribution < -0.4 is 16.1 Å². The molecule has 1 amide bonds. The van der Waals surface area contributed by atoms with Gasteiger partial charge in [-0.3, -0.25) is 28.5 Å². The number of benzene rings is 1. The molecule has 4 aromatic rings. The van der Waals surface area contributed by atoms with E-state index < -0.39 is 11.2 Å². The lowest BCUT2D eigenvalue weighted by Gasteiger charge is -2.27. The van der Waals surface area contributed by atoms with Gasteiger partial charge in [0.2, 0.25) is 5.91 Å². The van der Waals surface area contributed by atoms with Crippen molar-refractivity contribution < 1.29 is 9.53 Å². The predicted molar refractivity (Wildman–Crippen MR) is 144 cm³/mol. The molecule has 12 heteroatoms. The molecule has 0 atom stereocenters. The van der Waals surface area contributed by atoms with E-state index in [-0.39, 0.29) is 23.6 Å². The number of hydrogen-bond donors (Lipinski definition) is 0. The number of hydrogen-bond acceptors (Lipinski definition) is 8. The third kappa shape index (κ3) is 4.72. The quantitative estimate of drug-likeness (QED) is 0.359. The molecule has 196 valence electrons. The molecule has 0 radical (unpaired) electrons. The number of aromatic nitrogens is 5. The van der Waals surface area contributed by atoms with Gasteiger partial charge in [0.05, 0.1) is 29.8 Å². The Bertz CT molecular complexity index is 1550. The van der Waals surface area contributed by atoms with Crippen LogP contribution >= 0.6 is 11.3 Å². The van der Waals surface area contributed by atoms with Crippen LogP contribution in [0.4, 0.5) is 5.13 Å². The maximum absolute atomic E-state index is 13.8. The Kier molecular flexibility index (Phi) is 6.97. The second-order valence-corrected chi connectivity index (χ2v) is 10.5. The van der Waals surface area contributed by atoms with E-state index in [0.29, 0.717) is 11.7 Å². The molecule has 0 N–H and O–H groups in total. The van der Waals surface area contributed by atoms with Crippen LogP contribution in [0.3, 0.4) is 0 Å². The Morgan fingerprint density at radius 3 is 2.57 bits per heavy atom. The van der Waals surface area contributed by atoms with Crippen molar-refractivity contribution in [3.05, 3.63) is 50.4 Å². The van der Waals surface area contributed by atoms with Crippen molar-refractivity contribution in [1.82, 2.24) is 28.6 Å². The molecule has 0 saturated carbocycles. The molecule has 1 saturated heterocycles. The highest BCUT2D eigenvalue weighted by molar-refractivity contribution is 7.22. The number of aryl methyl sites for hydroxylation is 3. The number of rotatable bonds is 7. The number of thiazole rings is 1. The van der Waals surface area contributed by atoms with Gasteiger partial charge >= 0.3 is 5.69 Å². The van der Waals surface area contributed by atoms with Gasteiger partial charge in [0.15, 0.2) is 16.3 Å². The number of carbonyl (C=O) groups is 1. The molecular formula is C25H31N7O4S. The van der Waals surface area contributed by atoms with Crippen LogP contribution in [0.15, 0.2) is 28.0 Å². The van der Waals surface area contributed by atoms with Gasteiger partial charge in [0.1, 0.15) is 6.54 Å². The first-order valence-corrected chi connectivity index (χ1v) is 13.2. The van der Waals surface area contributed by atoms with Gasteiger partial charge in [0.25, 0.3) is 5.56 Å². The van der Waals surface area contributed by atoms with Gasteiger partial charge in [-0.15, -0.1) is 0 Å². The molecule has 3 aromatic heterocycles. The normalized spacial score (nSPS) is 14.6. The summed E-state index contributed by atoms with van der Waals surface area (Å²) in [5, 5.41) is 0.643. The Labute approximate surface area is 217 Å². The fourth-order valence-electron chi connectivity index (χ4n) is 4.72. The minimum atomic E-state index is -0.478. The molecular weight excluding hydrogens is 494 g/mol. The van der Waals surface area contributed by atoms with E-state index in [1.54, 1.807) is 11.9 Å². The van der Waals surface area contributed by atoms with Gasteiger partial charge < -0.3 is 9.30 Å². The minimum absolute atomic E-state index is 0.0879. The molecule has 37 heavy (non-hydrogen) atoms. The van der Waals surface area contributed by atoms with Crippen LogP contribution in [0.25, 0.3) is 21.4 Å². The number of imidazole rings is 1. The first-order chi connectivity index (χ1) is 17.8. The van der Waals surface area contributed by atoms with Crippen LogP contribution in [-0.4, -0.2) is 73.9 Å². The predicted octanol–water partition coefficient (Wildman–Crippen LogP) is 1.42. The molecule has 0 aliphatic carbocycles. The largest absolute Gasteiger partial charge is 0.379 e. The molecule has 1 aromatic carbocycles. The highest BCUT2D eigenvalue weighted by Gasteiger charge is 2.24. The number of carbonyl (C=O) groups excluding carboxylic acids is 1. The van der Waals surface area contributed by atoms with Crippen LogP contribution in [-0.2, 0) is 30.2 Å². The second kappa shape index (κ2) is 10.2. The summed E-state index contributed by atoms with van der Waals surface area (Å²) in [6.45, 7) is 8.56. The summed E-state index contributed by atoms with van der Waals surface area (Å²) in [4.78, 5) is 52.1. The summed E-state index contributed by atoms with van der Waals surface area (Å²) in [5.74, 6) is -0.188. The first-order valence-electron chi connectivity index (χ1n) is 12.3. The zero-order chi connectivity index (χ0) is 26.3. The van der Waals surface area contributed by atoms with Crippen LogP contribution in [0.2, 0.25) is 0 Å². The average Bonchev–Trinajstić information content (AvgIpc) is 3.53. The van der Waals surface area contributed by atoms with Crippen LogP contribution in [0.5, 0.6) is 0 Å². The summed E-state index contributed by atoms with van der Waals surface area (Å²) < 4.78 is 10.4. The molecule has 1 fully saturated rings. The molecule has 1 aliphatic heterocycles. The first kappa shape index (κ1) is 25.3. The van der Waals surface area contributed by atoms with E-state index in [1.165, 1.54) is 33.8 Å². The van der Waals surface area contributed by atoms with E-state index in [4.69, 9.17) is 9.72 Å². The lowest BCUT2D eigenvalue weighted by atomic mass is 10.1. The SMILES string of the molecule is Cc1ccc(C)c2sc(N(CCCN3CCOCC3)C(=O)Cn3cnc4c3c(=O)n(C)c(=O)n4C)nc12. The maximum Gasteiger partial charge on any atom is 0.332 e. The summed E-state index contributed by atoms with van der Waals surface area (Å²) in [6.07, 6.45) is 2.22. The van der Waals surface area contributed by atoms with Crippen LogP contribution in [0.1, 0.15) is 17.5 Å². The van der Waals surface area contributed by atoms with Crippen molar-refractivity contribution in [1.29, 1.82) is 0 Å². The fourth-order valence-corrected chi connectivity index (χ4v) is 5.87. The van der Waals surface area contributed by atoms with Gasteiger partial charge in [0, 0.05) is 40.3 Å². The summed E-state index contributed by atoms with van der Waals surface area (Å²) in [6, 6.07) is 4.12. The van der Waals surface area contributed by atoms with Crippen LogP contribution in [0, 0.1) is 13.8 Å². The van der Waals surface area contributed by atoms with Gasteiger partial charge in [-0.1, -0.05) is 23.5 Å². The second-order valence-electron chi connectivity index (χ2n) is 9.48. The number of morpholine rings is 1. The topological polar surface area (TPSA) is 107 Å². The van der Waals surface area contributed by atoms with E-state index in [2.05, 4.69) is 16.0 Å². The molecule has 0 bridgehead atoms. The average molecular weight is 526 g/mol. The number of nitrogens with zero attached hydrogens (tertiary/aromatic N) is 7. The van der Waals surface area contributed by atoms with Crippen molar-refractivity contribution in [3.8, 4) is 0 Å². The zero-order valence-corrected chi connectivity index (χ0v) is 22.4. The molecule has 11 nitrogen and oxygen atoms in total. The summed E-state index contributed by atoms with van der Waals surface area (Å²) in [7, 11) is 2.99. The lowest BCUT2D eigenvalue weighted by molar-refractivity contribution is -0.119. The van der Waals surface area contributed by atoms with E-state index >= 15 is 0 Å². The molecule has 4 heterocycles. The summed E-state index contributed by atoms with van der Waals surface area (Å²) >= 11 is 1.51. The van der Waals surface area contributed by atoms with Crippen molar-refractivity contribution in [2.45, 2.75) is 26.8 Å². The highest BCUT2D eigenvalue weighted by Crippen LogP contribution is 2.33. The van der Waals surface area contributed by atoms with Gasteiger partial charge in [-0.25, -0.2) is 14.8 Å². The molecule has 0 spiro atoms. The van der Waals surface area contributed by atoms with E-state index in [0.717, 1.165) is 65.2 Å². The van der Waals surface area contributed by atoms with Crippen molar-refractivity contribution >= 4 is 43.8 Å². The number of ether oxygens (including phenoxy) is 1. The fraction of sp³-hybridized carbons (Fsp3) is 0.480. The zero-order valence-electron chi connectivity index (χ0n) is 21.6. The third-order valence-electron chi connectivity index (χ3n) is 6.95. The standard InChI is InChI=1S/C25H31N7O4S/c1-16-6-7-17(2)21-19(16)27-24(37-21)32(9-5-8-30-10-12-36-13-11-30)18(33)14-31-15-26-22-20(31)23(34)29(4)25(35)28(22)3/h6-7,15H,5,8-14H2,1-4H3. The summed E-state index contributed by atoms with van der Waals surface area (Å²) in [5.41, 5.74) is 2.63. The smallest absolute Gasteiger partial charge is 0.332 e. The third-order valence-corrected chi connectivity index (χ3v) is 8.16. The Hall–Kier alpha value is -3.35.